The lowest BCUT2D eigenvalue weighted by atomic mass is 9.33. The van der Waals surface area contributed by atoms with Crippen LogP contribution in [0.15, 0.2) is 84.9 Å². The molecule has 6 heteroatoms. The normalized spacial score (nSPS) is 34.1. The molecule has 7 fully saturated rings. The number of benzene rings is 4. The zero-order chi connectivity index (χ0) is 53.6. The van der Waals surface area contributed by atoms with Gasteiger partial charge in [-0.3, -0.25) is 29.0 Å². The molecule has 0 bridgehead atoms. The lowest BCUT2D eigenvalue weighted by Gasteiger charge is -2.71. The summed E-state index contributed by atoms with van der Waals surface area (Å²) in [4.78, 5) is 63.5. The van der Waals surface area contributed by atoms with E-state index in [9.17, 15) is 9.59 Å². The van der Waals surface area contributed by atoms with Gasteiger partial charge in [0.05, 0.1) is 11.4 Å². The molecule has 12 unspecified atom stereocenters. The van der Waals surface area contributed by atoms with Crippen molar-refractivity contribution in [1.82, 2.24) is 0 Å². The summed E-state index contributed by atoms with van der Waals surface area (Å²) in [6, 6.07) is 30.9. The van der Waals surface area contributed by atoms with Gasteiger partial charge in [0, 0.05) is 29.1 Å². The van der Waals surface area contributed by atoms with Crippen LogP contribution in [-0.4, -0.2) is 23.6 Å². The molecule has 0 aromatic heterocycles. The van der Waals surface area contributed by atoms with E-state index in [1.54, 1.807) is 9.80 Å². The van der Waals surface area contributed by atoms with E-state index < -0.39 is 0 Å². The summed E-state index contributed by atoms with van der Waals surface area (Å²) in [7, 11) is 0. The van der Waals surface area contributed by atoms with Gasteiger partial charge in [0.1, 0.15) is 0 Å². The highest BCUT2D eigenvalue weighted by Crippen LogP contribution is 2.72. The van der Waals surface area contributed by atoms with Crippen LogP contribution in [0, 0.1) is 109 Å². The molecule has 77 heavy (non-hydrogen) atoms. The van der Waals surface area contributed by atoms with Crippen LogP contribution in [0.4, 0.5) is 11.4 Å². The smallest absolute Gasteiger partial charge is 0.237 e. The first-order chi connectivity index (χ1) is 37.3. The largest absolute Gasteiger partial charge is 0.274 e. The molecule has 2 heterocycles. The first kappa shape index (κ1) is 52.8. The molecule has 6 aliphatic carbocycles. The maximum atomic E-state index is 15.4. The van der Waals surface area contributed by atoms with E-state index in [-0.39, 0.29) is 64.6 Å². The van der Waals surface area contributed by atoms with Crippen LogP contribution in [0.5, 0.6) is 0 Å². The van der Waals surface area contributed by atoms with Gasteiger partial charge in [0.25, 0.3) is 0 Å². The molecule has 12 rings (SSSR count). The van der Waals surface area contributed by atoms with E-state index in [4.69, 9.17) is 0 Å². The Bertz CT molecular complexity index is 2790. The SMILES string of the molecule is CCCCCCCCC1(CCCCCCCC)c2cc(C)ccc2-c2ccc(-c3ccc(N4C(=O)C5CC(C)C6C7C(C)CC8C(=O)N(c9ccc(C)cc9)C(=O)C9CC(C)C(C%10C(C)CC(C4=O)C5C6%10)C7C89)cc3)cc21. The van der Waals surface area contributed by atoms with Crippen molar-refractivity contribution in [3.63, 3.8) is 0 Å². The minimum atomic E-state index is -0.187. The van der Waals surface area contributed by atoms with Crippen molar-refractivity contribution in [3.05, 3.63) is 107 Å². The third-order valence-corrected chi connectivity index (χ3v) is 22.9. The molecule has 0 radical (unpaired) electrons. The van der Waals surface area contributed by atoms with Crippen molar-refractivity contribution in [2.75, 3.05) is 9.80 Å². The maximum absolute atomic E-state index is 15.4. The minimum Gasteiger partial charge on any atom is -0.274 e. The number of hydrogen-bond acceptors (Lipinski definition) is 4. The molecule has 8 aliphatic rings. The van der Waals surface area contributed by atoms with Gasteiger partial charge in [-0.15, -0.1) is 0 Å². The summed E-state index contributed by atoms with van der Waals surface area (Å²) >= 11 is 0. The van der Waals surface area contributed by atoms with Crippen molar-refractivity contribution < 1.29 is 19.2 Å². The molecule has 12 atom stereocenters. The molecule has 408 valence electrons. The van der Waals surface area contributed by atoms with E-state index in [0.29, 0.717) is 70.6 Å². The summed E-state index contributed by atoms with van der Waals surface area (Å²) in [5.74, 6) is 2.84. The number of amides is 4. The average Bonchev–Trinajstić information content (AvgIpc) is 3.87. The fraction of sp³-hybridized carbons (Fsp3) is 0.606. The number of hydrogen-bond donors (Lipinski definition) is 0. The summed E-state index contributed by atoms with van der Waals surface area (Å²) in [5, 5.41) is 0. The third-order valence-electron chi connectivity index (χ3n) is 22.9. The number of carbonyl (C=O) groups is 4. The number of aryl methyl sites for hydroxylation is 2. The quantitative estimate of drug-likeness (QED) is 0.0780. The van der Waals surface area contributed by atoms with Crippen LogP contribution in [0.25, 0.3) is 22.3 Å². The molecule has 4 amide bonds. The van der Waals surface area contributed by atoms with Crippen molar-refractivity contribution >= 4 is 35.0 Å². The lowest BCUT2D eigenvalue weighted by Crippen LogP contribution is -2.72. The van der Waals surface area contributed by atoms with Crippen LogP contribution in [0.1, 0.15) is 179 Å². The molecule has 2 aliphatic heterocycles. The number of anilines is 2. The number of unbranched alkanes of at least 4 members (excludes halogenated alkanes) is 10. The van der Waals surface area contributed by atoms with Gasteiger partial charge >= 0.3 is 0 Å². The number of carbonyl (C=O) groups excluding carboxylic acids is 4. The van der Waals surface area contributed by atoms with Crippen LogP contribution in [0.2, 0.25) is 0 Å². The Hall–Kier alpha value is -4.84. The van der Waals surface area contributed by atoms with Crippen molar-refractivity contribution in [2.45, 2.75) is 176 Å². The van der Waals surface area contributed by atoms with Gasteiger partial charge in [0.15, 0.2) is 0 Å². The van der Waals surface area contributed by atoms with Crippen LogP contribution < -0.4 is 9.80 Å². The topological polar surface area (TPSA) is 74.8 Å². The summed E-state index contributed by atoms with van der Waals surface area (Å²) in [5.41, 5.74) is 12.0. The van der Waals surface area contributed by atoms with E-state index in [2.05, 4.69) is 109 Å². The Labute approximate surface area is 462 Å². The number of imide groups is 2. The van der Waals surface area contributed by atoms with Gasteiger partial charge in [-0.05, 0) is 187 Å². The monoisotopic (exact) mass is 1030 g/mol. The standard InChI is InChI=1S/C71H90N2O4/c1-9-11-13-15-17-19-33-71(34-20-18-16-14-12-10-2)57-35-42(4)23-31-51(57)52-32-26-48(40-58(52)71)47-24-29-50(30-25-47)73-69(76)55-38-45(7)61-59-43(5)36-53-63-54(68(75)72(67(53)74)49-27-21-41(3)22-28-49)37-44(6)60(65(59)63)62-46(8)39-56(70(73)77)64(55)66(61)62/h21-32,35,40,43-46,53-56,59-66H,9-20,33-34,36-39H2,1-8H3. The van der Waals surface area contributed by atoms with Gasteiger partial charge in [-0.25, -0.2) is 0 Å². The Balaban J connectivity index is 0.824. The molecule has 4 aromatic rings. The van der Waals surface area contributed by atoms with Crippen molar-refractivity contribution in [2.24, 2.45) is 94.7 Å². The predicted molar refractivity (Wildman–Crippen MR) is 312 cm³/mol. The Morgan fingerprint density at radius 3 is 1.17 bits per heavy atom. The fourth-order valence-corrected chi connectivity index (χ4v) is 19.9. The second-order valence-electron chi connectivity index (χ2n) is 27.2. The number of rotatable bonds is 17. The average molecular weight is 1040 g/mol. The Morgan fingerprint density at radius 1 is 0.390 bits per heavy atom. The van der Waals surface area contributed by atoms with Gasteiger partial charge in [0.2, 0.25) is 23.6 Å². The van der Waals surface area contributed by atoms with Gasteiger partial charge < -0.3 is 0 Å². The number of piperidine rings is 2. The minimum absolute atomic E-state index is 0.0103. The second-order valence-corrected chi connectivity index (χ2v) is 27.2. The van der Waals surface area contributed by atoms with Gasteiger partial charge in [-0.1, -0.05) is 184 Å². The molecule has 6 nitrogen and oxygen atoms in total. The molecular formula is C71H90N2O4. The zero-order valence-corrected chi connectivity index (χ0v) is 48.1. The number of nitrogens with zero attached hydrogens (tertiary/aromatic N) is 2. The molecule has 0 spiro atoms. The van der Waals surface area contributed by atoms with Crippen LogP contribution in [-0.2, 0) is 24.6 Å². The molecule has 2 saturated heterocycles. The highest BCUT2D eigenvalue weighted by Gasteiger charge is 2.72. The van der Waals surface area contributed by atoms with Crippen molar-refractivity contribution in [1.29, 1.82) is 0 Å². The molecule has 4 aromatic carbocycles. The summed E-state index contributed by atoms with van der Waals surface area (Å²) < 4.78 is 0. The fourth-order valence-electron chi connectivity index (χ4n) is 19.9. The number of fused-ring (bicyclic) bond motifs is 5. The Kier molecular flexibility index (Phi) is 14.4. The third kappa shape index (κ3) is 8.58. The lowest BCUT2D eigenvalue weighted by molar-refractivity contribution is -0.234. The predicted octanol–water partition coefficient (Wildman–Crippen LogP) is 16.8. The Morgan fingerprint density at radius 2 is 0.740 bits per heavy atom. The molecular weight excluding hydrogens is 945 g/mol. The summed E-state index contributed by atoms with van der Waals surface area (Å²) in [6.45, 7) is 18.6. The highest BCUT2D eigenvalue weighted by molar-refractivity contribution is 6.19. The molecule has 0 N–H and O–H groups in total. The van der Waals surface area contributed by atoms with Crippen molar-refractivity contribution in [3.8, 4) is 22.3 Å². The van der Waals surface area contributed by atoms with Gasteiger partial charge in [-0.2, -0.15) is 0 Å². The van der Waals surface area contributed by atoms with Crippen LogP contribution >= 0.6 is 0 Å². The highest BCUT2D eigenvalue weighted by atomic mass is 16.2. The van der Waals surface area contributed by atoms with E-state index in [0.717, 1.165) is 36.8 Å². The maximum Gasteiger partial charge on any atom is 0.237 e. The van der Waals surface area contributed by atoms with E-state index >= 15 is 9.59 Å². The van der Waals surface area contributed by atoms with E-state index in [1.807, 2.05) is 31.2 Å². The second kappa shape index (κ2) is 21.0. The van der Waals surface area contributed by atoms with E-state index in [1.165, 1.54) is 123 Å². The summed E-state index contributed by atoms with van der Waals surface area (Å²) in [6.07, 6.45) is 21.1. The first-order valence-electron chi connectivity index (χ1n) is 31.5. The first-order valence-corrected chi connectivity index (χ1v) is 31.5. The molecule has 5 saturated carbocycles. The van der Waals surface area contributed by atoms with Crippen LogP contribution in [0.3, 0.4) is 0 Å². The zero-order valence-electron chi connectivity index (χ0n) is 48.1.